The average molecular weight is 507 g/mol. The van der Waals surface area contributed by atoms with Crippen LogP contribution in [0.4, 0.5) is 16.2 Å². The smallest absolute Gasteiger partial charge is 0.326 e. The second kappa shape index (κ2) is 10.9. The number of amides is 2. The Balaban J connectivity index is 1.59. The van der Waals surface area contributed by atoms with E-state index < -0.39 is 12.0 Å². The first kappa shape index (κ1) is 24.7. The molecule has 0 aliphatic heterocycles. The fraction of sp³-hybridized carbons (Fsp3) is 0.154. The normalized spacial score (nSPS) is 10.8. The summed E-state index contributed by atoms with van der Waals surface area (Å²) in [7, 11) is 0. The van der Waals surface area contributed by atoms with Crippen molar-refractivity contribution in [3.63, 3.8) is 0 Å². The Labute approximate surface area is 211 Å². The number of carbonyl (C=O) groups excluding carboxylic acids is 1. The van der Waals surface area contributed by atoms with Crippen LogP contribution in [0.3, 0.4) is 0 Å². The Hall–Kier alpha value is -4.37. The molecule has 0 atom stereocenters. The van der Waals surface area contributed by atoms with Crippen molar-refractivity contribution >= 4 is 45.9 Å². The zero-order valence-corrected chi connectivity index (χ0v) is 19.9. The number of carbonyl (C=O) groups is 2. The van der Waals surface area contributed by atoms with Crippen molar-refractivity contribution in [1.29, 1.82) is 0 Å². The maximum atomic E-state index is 13.3. The van der Waals surface area contributed by atoms with Gasteiger partial charge in [-0.3, -0.25) is 19.1 Å². The van der Waals surface area contributed by atoms with Gasteiger partial charge in [-0.25, -0.2) is 9.78 Å². The summed E-state index contributed by atoms with van der Waals surface area (Å²) in [6.45, 7) is 0.0831. The van der Waals surface area contributed by atoms with Crippen LogP contribution >= 0.6 is 11.6 Å². The van der Waals surface area contributed by atoms with Gasteiger partial charge in [0.05, 0.1) is 28.7 Å². The van der Waals surface area contributed by atoms with E-state index in [9.17, 15) is 19.5 Å². The summed E-state index contributed by atoms with van der Waals surface area (Å²) >= 11 is 6.14. The van der Waals surface area contributed by atoms with Gasteiger partial charge in [0.15, 0.2) is 0 Å². The third kappa shape index (κ3) is 5.64. The summed E-state index contributed by atoms with van der Waals surface area (Å²) in [5.74, 6) is -0.667. The number of hydrogen-bond donors (Lipinski definition) is 3. The van der Waals surface area contributed by atoms with Gasteiger partial charge in [0, 0.05) is 30.6 Å². The van der Waals surface area contributed by atoms with Crippen molar-refractivity contribution < 1.29 is 19.8 Å². The number of para-hydroxylation sites is 1. The lowest BCUT2D eigenvalue weighted by molar-refractivity contribution is -0.137. The molecule has 2 amide bonds. The number of rotatable bonds is 8. The van der Waals surface area contributed by atoms with Gasteiger partial charge in [0.1, 0.15) is 11.6 Å². The SMILES string of the molecule is O=C(O)CCn1c(CCNC(=O)N(c2cccc(O)c2)c2cccc(Cl)c2)nc2ccccc2c1=O. The molecule has 0 fully saturated rings. The number of fused-ring (bicyclic) bond motifs is 1. The van der Waals surface area contributed by atoms with E-state index in [2.05, 4.69) is 10.3 Å². The van der Waals surface area contributed by atoms with E-state index in [1.165, 1.54) is 21.6 Å². The Morgan fingerprint density at radius 3 is 2.44 bits per heavy atom. The van der Waals surface area contributed by atoms with E-state index in [1.54, 1.807) is 60.7 Å². The van der Waals surface area contributed by atoms with Crippen molar-refractivity contribution in [1.82, 2.24) is 14.9 Å². The lowest BCUT2D eigenvalue weighted by atomic mass is 10.2. The molecule has 1 aromatic heterocycles. The fourth-order valence-electron chi connectivity index (χ4n) is 3.83. The Kier molecular flexibility index (Phi) is 7.50. The molecule has 9 nitrogen and oxygen atoms in total. The second-order valence-corrected chi connectivity index (χ2v) is 8.40. The molecule has 4 aromatic rings. The number of aromatic hydroxyl groups is 1. The van der Waals surface area contributed by atoms with Crippen LogP contribution in [0.15, 0.2) is 77.6 Å². The van der Waals surface area contributed by atoms with Crippen LogP contribution in [0.2, 0.25) is 5.02 Å². The summed E-state index contributed by atoms with van der Waals surface area (Å²) in [6.07, 6.45) is -0.0474. The van der Waals surface area contributed by atoms with Crippen LogP contribution in [0.5, 0.6) is 5.75 Å². The highest BCUT2D eigenvalue weighted by atomic mass is 35.5. The monoisotopic (exact) mass is 506 g/mol. The molecule has 184 valence electrons. The number of anilines is 2. The molecule has 0 unspecified atom stereocenters. The maximum Gasteiger partial charge on any atom is 0.326 e. The molecule has 1 heterocycles. The Bertz CT molecular complexity index is 1440. The van der Waals surface area contributed by atoms with E-state index in [0.29, 0.717) is 33.1 Å². The highest BCUT2D eigenvalue weighted by Gasteiger charge is 2.19. The number of benzene rings is 3. The molecule has 3 aromatic carbocycles. The van der Waals surface area contributed by atoms with Crippen molar-refractivity contribution in [2.45, 2.75) is 19.4 Å². The van der Waals surface area contributed by atoms with Gasteiger partial charge in [-0.2, -0.15) is 0 Å². The topological polar surface area (TPSA) is 125 Å². The predicted octanol–water partition coefficient (Wildman–Crippen LogP) is 4.32. The first-order chi connectivity index (χ1) is 17.3. The minimum Gasteiger partial charge on any atom is -0.508 e. The van der Waals surface area contributed by atoms with Gasteiger partial charge in [-0.1, -0.05) is 35.9 Å². The van der Waals surface area contributed by atoms with E-state index in [1.807, 2.05) is 0 Å². The highest BCUT2D eigenvalue weighted by Crippen LogP contribution is 2.29. The zero-order chi connectivity index (χ0) is 25.7. The van der Waals surface area contributed by atoms with Crippen molar-refractivity contribution in [2.24, 2.45) is 0 Å². The molecule has 0 radical (unpaired) electrons. The van der Waals surface area contributed by atoms with Crippen LogP contribution in [-0.4, -0.2) is 38.3 Å². The predicted molar refractivity (Wildman–Crippen MR) is 137 cm³/mol. The van der Waals surface area contributed by atoms with Crippen LogP contribution in [-0.2, 0) is 17.8 Å². The number of phenols is 1. The number of carboxylic acids is 1. The molecule has 36 heavy (non-hydrogen) atoms. The van der Waals surface area contributed by atoms with Gasteiger partial charge in [0.25, 0.3) is 5.56 Å². The zero-order valence-electron chi connectivity index (χ0n) is 19.1. The number of hydrogen-bond acceptors (Lipinski definition) is 5. The van der Waals surface area contributed by atoms with Crippen LogP contribution < -0.4 is 15.8 Å². The molecular weight excluding hydrogens is 484 g/mol. The third-order valence-corrected chi connectivity index (χ3v) is 5.71. The van der Waals surface area contributed by atoms with E-state index in [4.69, 9.17) is 16.7 Å². The Morgan fingerprint density at radius 2 is 1.72 bits per heavy atom. The van der Waals surface area contributed by atoms with E-state index >= 15 is 0 Å². The van der Waals surface area contributed by atoms with E-state index in [-0.39, 0.29) is 37.2 Å². The number of aliphatic carboxylic acids is 1. The highest BCUT2D eigenvalue weighted by molar-refractivity contribution is 6.31. The van der Waals surface area contributed by atoms with Crippen molar-refractivity contribution in [3.8, 4) is 5.75 Å². The molecule has 0 spiro atoms. The first-order valence-electron chi connectivity index (χ1n) is 11.2. The number of phenolic OH excluding ortho intramolecular Hbond substituents is 1. The van der Waals surface area contributed by atoms with Crippen LogP contribution in [0.1, 0.15) is 12.2 Å². The van der Waals surface area contributed by atoms with Crippen LogP contribution in [0, 0.1) is 0 Å². The number of nitrogens with zero attached hydrogens (tertiary/aromatic N) is 3. The summed E-state index contributed by atoms with van der Waals surface area (Å²) in [4.78, 5) is 43.3. The standard InChI is InChI=1S/C26H23ClN4O5/c27-17-5-3-6-18(15-17)31(19-7-4-8-20(32)16-19)26(36)28-13-11-23-29-22-10-2-1-9-21(22)25(35)30(23)14-12-24(33)34/h1-10,15-16,32H,11-14H2,(H,28,36)(H,33,34). The molecule has 0 saturated heterocycles. The van der Waals surface area contributed by atoms with Crippen molar-refractivity contribution in [2.75, 3.05) is 11.4 Å². The molecule has 0 aliphatic rings. The lowest BCUT2D eigenvalue weighted by Crippen LogP contribution is -2.38. The van der Waals surface area contributed by atoms with Gasteiger partial charge in [-0.15, -0.1) is 0 Å². The minimum absolute atomic E-state index is 0.00450. The van der Waals surface area contributed by atoms with Crippen LogP contribution in [0.25, 0.3) is 10.9 Å². The van der Waals surface area contributed by atoms with Gasteiger partial charge in [-0.05, 0) is 42.5 Å². The lowest BCUT2D eigenvalue weighted by Gasteiger charge is -2.24. The largest absolute Gasteiger partial charge is 0.508 e. The molecule has 4 rings (SSSR count). The van der Waals surface area contributed by atoms with Crippen molar-refractivity contribution in [3.05, 3.63) is 94.0 Å². The fourth-order valence-corrected chi connectivity index (χ4v) is 4.02. The Morgan fingerprint density at radius 1 is 1.00 bits per heavy atom. The third-order valence-electron chi connectivity index (χ3n) is 5.47. The second-order valence-electron chi connectivity index (χ2n) is 7.96. The van der Waals surface area contributed by atoms with Gasteiger partial charge in [0.2, 0.25) is 0 Å². The molecular formula is C26H23ClN4O5. The molecule has 0 aliphatic carbocycles. The number of urea groups is 1. The van der Waals surface area contributed by atoms with E-state index in [0.717, 1.165) is 0 Å². The summed E-state index contributed by atoms with van der Waals surface area (Å²) in [6, 6.07) is 19.3. The molecule has 3 N–H and O–H groups in total. The van der Waals surface area contributed by atoms with Gasteiger partial charge >= 0.3 is 12.0 Å². The van der Waals surface area contributed by atoms with Gasteiger partial charge < -0.3 is 15.5 Å². The maximum absolute atomic E-state index is 13.3. The summed E-state index contributed by atoms with van der Waals surface area (Å²) in [5, 5.41) is 22.7. The molecule has 10 heteroatoms. The quantitative estimate of drug-likeness (QED) is 0.327. The summed E-state index contributed by atoms with van der Waals surface area (Å²) < 4.78 is 1.34. The number of nitrogens with one attached hydrogen (secondary N) is 1. The first-order valence-corrected chi connectivity index (χ1v) is 11.5. The summed E-state index contributed by atoms with van der Waals surface area (Å²) in [5.41, 5.74) is 1.09. The average Bonchev–Trinajstić information content (AvgIpc) is 2.84. The molecule has 0 bridgehead atoms. The minimum atomic E-state index is -1.03. The number of halogens is 1. The number of aromatic nitrogens is 2. The molecule has 0 saturated carbocycles. The number of carboxylic acid groups (broad SMARTS) is 1.